The summed E-state index contributed by atoms with van der Waals surface area (Å²) in [6, 6.07) is 0.740. The lowest BCUT2D eigenvalue weighted by atomic mass is 10.1. The Labute approximate surface area is 91.7 Å². The SMILES string of the molecule is Nc1nc(N2CCC(CO)C2)c(F)cc1F. The Kier molecular flexibility index (Phi) is 2.91. The van der Waals surface area contributed by atoms with Crippen molar-refractivity contribution in [2.45, 2.75) is 6.42 Å². The molecular formula is C10H13F2N3O. The Morgan fingerprint density at radius 1 is 1.50 bits per heavy atom. The second kappa shape index (κ2) is 4.21. The fourth-order valence-electron chi connectivity index (χ4n) is 1.87. The van der Waals surface area contributed by atoms with Gasteiger partial charge >= 0.3 is 0 Å². The van der Waals surface area contributed by atoms with Crippen molar-refractivity contribution in [3.05, 3.63) is 17.7 Å². The van der Waals surface area contributed by atoms with E-state index in [4.69, 9.17) is 10.8 Å². The Balaban J connectivity index is 2.24. The van der Waals surface area contributed by atoms with E-state index in [-0.39, 0.29) is 24.2 Å². The lowest BCUT2D eigenvalue weighted by molar-refractivity contribution is 0.238. The van der Waals surface area contributed by atoms with Crippen molar-refractivity contribution in [3.8, 4) is 0 Å². The zero-order valence-corrected chi connectivity index (χ0v) is 8.66. The van der Waals surface area contributed by atoms with Crippen LogP contribution in [0.25, 0.3) is 0 Å². The molecule has 0 aliphatic carbocycles. The van der Waals surface area contributed by atoms with Gasteiger partial charge < -0.3 is 15.7 Å². The Bertz CT molecular complexity index is 400. The van der Waals surface area contributed by atoms with Gasteiger partial charge in [0.1, 0.15) is 0 Å². The van der Waals surface area contributed by atoms with Gasteiger partial charge in [0.15, 0.2) is 23.3 Å². The fourth-order valence-corrected chi connectivity index (χ4v) is 1.87. The van der Waals surface area contributed by atoms with Crippen LogP contribution in [0.3, 0.4) is 0 Å². The van der Waals surface area contributed by atoms with Gasteiger partial charge in [-0.3, -0.25) is 0 Å². The third-order valence-electron chi connectivity index (χ3n) is 2.78. The van der Waals surface area contributed by atoms with Crippen LogP contribution in [0.15, 0.2) is 6.07 Å². The molecule has 0 bridgehead atoms. The van der Waals surface area contributed by atoms with Crippen molar-refractivity contribution in [2.75, 3.05) is 30.3 Å². The van der Waals surface area contributed by atoms with Crippen molar-refractivity contribution in [2.24, 2.45) is 5.92 Å². The summed E-state index contributed by atoms with van der Waals surface area (Å²) in [5.41, 5.74) is 5.30. The largest absolute Gasteiger partial charge is 0.396 e. The molecule has 3 N–H and O–H groups in total. The maximum atomic E-state index is 13.5. The summed E-state index contributed by atoms with van der Waals surface area (Å²) in [6.07, 6.45) is 0.773. The lowest BCUT2D eigenvalue weighted by Gasteiger charge is -2.18. The zero-order valence-electron chi connectivity index (χ0n) is 8.66. The fraction of sp³-hybridized carbons (Fsp3) is 0.500. The summed E-state index contributed by atoms with van der Waals surface area (Å²) >= 11 is 0. The van der Waals surface area contributed by atoms with Crippen molar-refractivity contribution in [3.63, 3.8) is 0 Å². The third-order valence-corrected chi connectivity index (χ3v) is 2.78. The molecule has 1 aromatic heterocycles. The van der Waals surface area contributed by atoms with Crippen LogP contribution in [0, 0.1) is 17.6 Å². The van der Waals surface area contributed by atoms with Gasteiger partial charge in [0.05, 0.1) is 0 Å². The van der Waals surface area contributed by atoms with Crippen LogP contribution in [0.5, 0.6) is 0 Å². The molecule has 0 amide bonds. The van der Waals surface area contributed by atoms with Crippen LogP contribution < -0.4 is 10.6 Å². The molecule has 1 saturated heterocycles. The average molecular weight is 229 g/mol. The van der Waals surface area contributed by atoms with Gasteiger partial charge in [-0.2, -0.15) is 0 Å². The summed E-state index contributed by atoms with van der Waals surface area (Å²) in [6.45, 7) is 1.18. The molecule has 88 valence electrons. The van der Waals surface area contributed by atoms with Gasteiger partial charge in [0, 0.05) is 31.7 Å². The smallest absolute Gasteiger partial charge is 0.168 e. The van der Waals surface area contributed by atoms with E-state index in [9.17, 15) is 8.78 Å². The first-order valence-electron chi connectivity index (χ1n) is 5.09. The van der Waals surface area contributed by atoms with E-state index in [1.165, 1.54) is 0 Å². The van der Waals surface area contributed by atoms with Gasteiger partial charge in [-0.25, -0.2) is 13.8 Å². The first-order valence-corrected chi connectivity index (χ1v) is 5.09. The number of nitrogens with two attached hydrogens (primary N) is 1. The summed E-state index contributed by atoms with van der Waals surface area (Å²) in [7, 11) is 0. The highest BCUT2D eigenvalue weighted by atomic mass is 19.1. The number of nitrogen functional groups attached to an aromatic ring is 1. The minimum absolute atomic E-state index is 0.0643. The van der Waals surface area contributed by atoms with E-state index in [1.54, 1.807) is 4.90 Å². The molecule has 4 nitrogen and oxygen atoms in total. The molecular weight excluding hydrogens is 216 g/mol. The molecule has 0 spiro atoms. The number of aliphatic hydroxyl groups excluding tert-OH is 1. The first-order chi connectivity index (χ1) is 7.61. The molecule has 1 atom stereocenters. The second-order valence-electron chi connectivity index (χ2n) is 3.94. The van der Waals surface area contributed by atoms with Gasteiger partial charge in [-0.05, 0) is 6.42 Å². The van der Waals surface area contributed by atoms with Crippen LogP contribution in [0.2, 0.25) is 0 Å². The molecule has 2 heterocycles. The number of hydrogen-bond donors (Lipinski definition) is 2. The van der Waals surface area contributed by atoms with Gasteiger partial charge in [0.25, 0.3) is 0 Å². The van der Waals surface area contributed by atoms with E-state index in [0.717, 1.165) is 12.5 Å². The molecule has 1 aromatic rings. The normalized spacial score (nSPS) is 20.4. The molecule has 2 rings (SSSR count). The molecule has 0 radical (unpaired) electrons. The molecule has 16 heavy (non-hydrogen) atoms. The van der Waals surface area contributed by atoms with Gasteiger partial charge in [-0.1, -0.05) is 0 Å². The van der Waals surface area contributed by atoms with Crippen molar-refractivity contribution in [1.82, 2.24) is 4.98 Å². The Morgan fingerprint density at radius 3 is 2.88 bits per heavy atom. The van der Waals surface area contributed by atoms with Gasteiger partial charge in [0.2, 0.25) is 0 Å². The number of rotatable bonds is 2. The van der Waals surface area contributed by atoms with Crippen molar-refractivity contribution >= 4 is 11.6 Å². The summed E-state index contributed by atoms with van der Waals surface area (Å²) in [5.74, 6) is -1.68. The quantitative estimate of drug-likeness (QED) is 0.786. The molecule has 1 aliphatic heterocycles. The summed E-state index contributed by atoms with van der Waals surface area (Å²) in [5, 5.41) is 8.97. The lowest BCUT2D eigenvalue weighted by Crippen LogP contribution is -2.23. The Hall–Kier alpha value is -1.43. The maximum absolute atomic E-state index is 13.5. The minimum Gasteiger partial charge on any atom is -0.396 e. The molecule has 0 saturated carbocycles. The zero-order chi connectivity index (χ0) is 11.7. The first kappa shape index (κ1) is 11.1. The second-order valence-corrected chi connectivity index (χ2v) is 3.94. The Morgan fingerprint density at radius 2 is 2.25 bits per heavy atom. The van der Waals surface area contributed by atoms with E-state index >= 15 is 0 Å². The predicted octanol–water partition coefficient (Wildman–Crippen LogP) is 0.761. The van der Waals surface area contributed by atoms with Gasteiger partial charge in [-0.15, -0.1) is 0 Å². The standard InChI is InChI=1S/C10H13F2N3O/c11-7-3-8(12)10(14-9(7)13)15-2-1-6(4-15)5-16/h3,6,16H,1-2,4-5H2,(H2,13,14). The van der Waals surface area contributed by atoms with Crippen LogP contribution in [0.4, 0.5) is 20.4 Å². The van der Waals surface area contributed by atoms with E-state index < -0.39 is 11.6 Å². The monoisotopic (exact) mass is 229 g/mol. The highest BCUT2D eigenvalue weighted by Gasteiger charge is 2.25. The highest BCUT2D eigenvalue weighted by Crippen LogP contribution is 2.26. The molecule has 1 fully saturated rings. The molecule has 0 aromatic carbocycles. The number of hydrogen-bond acceptors (Lipinski definition) is 4. The van der Waals surface area contributed by atoms with Crippen LogP contribution in [-0.4, -0.2) is 29.8 Å². The molecule has 1 unspecified atom stereocenters. The molecule has 6 heteroatoms. The van der Waals surface area contributed by atoms with E-state index in [1.807, 2.05) is 0 Å². The number of nitrogens with zero attached hydrogens (tertiary/aromatic N) is 2. The third kappa shape index (κ3) is 1.92. The maximum Gasteiger partial charge on any atom is 0.168 e. The van der Waals surface area contributed by atoms with Crippen LogP contribution in [0.1, 0.15) is 6.42 Å². The van der Waals surface area contributed by atoms with E-state index in [2.05, 4.69) is 4.98 Å². The summed E-state index contributed by atoms with van der Waals surface area (Å²) < 4.78 is 26.4. The number of pyridine rings is 1. The highest BCUT2D eigenvalue weighted by molar-refractivity contribution is 5.47. The summed E-state index contributed by atoms with van der Waals surface area (Å²) in [4.78, 5) is 5.37. The van der Waals surface area contributed by atoms with Crippen LogP contribution in [-0.2, 0) is 0 Å². The van der Waals surface area contributed by atoms with Crippen LogP contribution >= 0.6 is 0 Å². The number of halogens is 2. The van der Waals surface area contributed by atoms with E-state index in [0.29, 0.717) is 13.1 Å². The van der Waals surface area contributed by atoms with Crippen molar-refractivity contribution < 1.29 is 13.9 Å². The number of aromatic nitrogens is 1. The number of aliphatic hydroxyl groups is 1. The number of anilines is 2. The van der Waals surface area contributed by atoms with Crippen molar-refractivity contribution in [1.29, 1.82) is 0 Å². The predicted molar refractivity (Wildman–Crippen MR) is 56.0 cm³/mol. The molecule has 1 aliphatic rings. The average Bonchev–Trinajstić information content (AvgIpc) is 2.71. The topological polar surface area (TPSA) is 62.4 Å². The minimum atomic E-state index is -0.848.